The van der Waals surface area contributed by atoms with Gasteiger partial charge in [0.25, 0.3) is 5.91 Å². The largest absolute Gasteiger partial charge is 0.383 e. The van der Waals surface area contributed by atoms with E-state index < -0.39 is 0 Å². The number of piperidine rings is 2. The summed E-state index contributed by atoms with van der Waals surface area (Å²) in [6.45, 7) is 4.36. The van der Waals surface area contributed by atoms with Crippen molar-refractivity contribution in [1.82, 2.24) is 19.4 Å². The molecule has 2 saturated heterocycles. The average Bonchev–Trinajstić information content (AvgIpc) is 3.61. The lowest BCUT2D eigenvalue weighted by molar-refractivity contribution is 0.0313. The number of hydrogen-bond acceptors (Lipinski definition) is 5. The van der Waals surface area contributed by atoms with Gasteiger partial charge in [0.2, 0.25) is 0 Å². The van der Waals surface area contributed by atoms with Crippen molar-refractivity contribution in [3.05, 3.63) is 71.0 Å². The molecule has 0 spiro atoms. The van der Waals surface area contributed by atoms with E-state index in [2.05, 4.69) is 29.2 Å². The second kappa shape index (κ2) is 12.2. The molecule has 5 rings (SSSR count). The number of rotatable bonds is 10. The number of hydrogen-bond donors (Lipinski definition) is 0. The molecule has 6 nitrogen and oxygen atoms in total. The molecule has 2 aliphatic heterocycles. The number of ether oxygens (including phenoxy) is 1. The van der Waals surface area contributed by atoms with Gasteiger partial charge in [0, 0.05) is 43.5 Å². The van der Waals surface area contributed by atoms with Crippen LogP contribution in [0.3, 0.4) is 0 Å². The summed E-state index contributed by atoms with van der Waals surface area (Å²) in [6, 6.07) is 15.1. The van der Waals surface area contributed by atoms with Gasteiger partial charge in [-0.15, -0.1) is 11.3 Å². The van der Waals surface area contributed by atoms with E-state index in [1.165, 1.54) is 50.8 Å². The molecule has 1 amide bonds. The quantitative estimate of drug-likeness (QED) is 0.385. The average molecular weight is 507 g/mol. The highest BCUT2D eigenvalue weighted by Gasteiger charge is 2.35. The Balaban J connectivity index is 1.39. The van der Waals surface area contributed by atoms with Crippen LogP contribution in [-0.4, -0.2) is 71.2 Å². The Morgan fingerprint density at radius 1 is 1.06 bits per heavy atom. The van der Waals surface area contributed by atoms with E-state index in [9.17, 15) is 4.79 Å². The van der Waals surface area contributed by atoms with Gasteiger partial charge < -0.3 is 19.1 Å². The Kier molecular flexibility index (Phi) is 8.51. The summed E-state index contributed by atoms with van der Waals surface area (Å²) >= 11 is 1.64. The normalized spacial score (nSPS) is 20.2. The van der Waals surface area contributed by atoms with Crippen LogP contribution in [0.15, 0.2) is 54.9 Å². The number of fused-ring (bicyclic) bond motifs is 1. The van der Waals surface area contributed by atoms with E-state index >= 15 is 0 Å². The van der Waals surface area contributed by atoms with Crippen molar-refractivity contribution in [3.63, 3.8) is 0 Å². The van der Waals surface area contributed by atoms with Gasteiger partial charge in [-0.05, 0) is 75.2 Å². The van der Waals surface area contributed by atoms with Crippen molar-refractivity contribution in [2.75, 3.05) is 39.9 Å². The number of carbonyl (C=O) groups excluding carboxylic acids is 1. The third kappa shape index (κ3) is 5.90. The summed E-state index contributed by atoms with van der Waals surface area (Å²) in [5, 5.41) is 0.856. The van der Waals surface area contributed by atoms with E-state index in [0.29, 0.717) is 30.8 Å². The molecule has 0 saturated carbocycles. The number of amides is 1. The minimum Gasteiger partial charge on any atom is -0.383 e. The molecule has 4 heterocycles. The fraction of sp³-hybridized carbons (Fsp3) is 0.517. The maximum atomic E-state index is 14.1. The molecule has 2 aliphatic rings. The summed E-state index contributed by atoms with van der Waals surface area (Å²) in [5.41, 5.74) is 1.90. The van der Waals surface area contributed by atoms with Gasteiger partial charge in [-0.3, -0.25) is 4.79 Å². The first-order valence-electron chi connectivity index (χ1n) is 13.4. The number of methoxy groups -OCH3 is 1. The first-order valence-corrected chi connectivity index (χ1v) is 14.2. The molecule has 2 aromatic heterocycles. The predicted molar refractivity (Wildman–Crippen MR) is 145 cm³/mol. The summed E-state index contributed by atoms with van der Waals surface area (Å²) < 4.78 is 7.44. The second-order valence-electron chi connectivity index (χ2n) is 10.1. The van der Waals surface area contributed by atoms with Crippen molar-refractivity contribution in [3.8, 4) is 5.13 Å². The van der Waals surface area contributed by atoms with E-state index in [1.807, 2.05) is 40.1 Å². The Bertz CT molecular complexity index is 1100. The van der Waals surface area contributed by atoms with Crippen LogP contribution < -0.4 is 0 Å². The van der Waals surface area contributed by atoms with Crippen LogP contribution in [0.4, 0.5) is 0 Å². The maximum Gasteiger partial charge on any atom is 0.273 e. The molecule has 0 bridgehead atoms. The molecule has 2 atom stereocenters. The van der Waals surface area contributed by atoms with Crippen LogP contribution in [-0.2, 0) is 17.6 Å². The Labute approximate surface area is 218 Å². The van der Waals surface area contributed by atoms with Gasteiger partial charge in [-0.2, -0.15) is 0 Å². The highest BCUT2D eigenvalue weighted by atomic mass is 32.1. The number of aromatic nitrogens is 2. The van der Waals surface area contributed by atoms with Crippen LogP contribution in [0.5, 0.6) is 0 Å². The smallest absolute Gasteiger partial charge is 0.273 e. The molecule has 1 aromatic carbocycles. The van der Waals surface area contributed by atoms with Crippen molar-refractivity contribution >= 4 is 17.2 Å². The SMILES string of the molecule is COCCN(C[C@@H]1CCCN2CCCC[C@H]12)C(=O)c1nc(-n2cccc2)sc1CCc1ccccc1. The lowest BCUT2D eigenvalue weighted by Gasteiger charge is -2.45. The molecule has 192 valence electrons. The first kappa shape index (κ1) is 25.2. The molecule has 0 aliphatic carbocycles. The highest BCUT2D eigenvalue weighted by molar-refractivity contribution is 7.14. The van der Waals surface area contributed by atoms with Crippen LogP contribution in [0.1, 0.15) is 53.0 Å². The Morgan fingerprint density at radius 2 is 1.86 bits per heavy atom. The van der Waals surface area contributed by atoms with Crippen molar-refractivity contribution in [2.45, 2.75) is 51.0 Å². The van der Waals surface area contributed by atoms with Gasteiger partial charge in [0.05, 0.1) is 6.61 Å². The zero-order chi connectivity index (χ0) is 24.7. The van der Waals surface area contributed by atoms with E-state index in [0.717, 1.165) is 29.4 Å². The predicted octanol–water partition coefficient (Wildman–Crippen LogP) is 5.07. The zero-order valence-corrected chi connectivity index (χ0v) is 22.2. The summed E-state index contributed by atoms with van der Waals surface area (Å²) in [6.07, 6.45) is 12.0. The molecule has 0 N–H and O–H groups in total. The summed E-state index contributed by atoms with van der Waals surface area (Å²) in [7, 11) is 1.71. The highest BCUT2D eigenvalue weighted by Crippen LogP contribution is 2.32. The Hall–Kier alpha value is -2.48. The van der Waals surface area contributed by atoms with Crippen molar-refractivity contribution < 1.29 is 9.53 Å². The first-order chi connectivity index (χ1) is 17.7. The summed E-state index contributed by atoms with van der Waals surface area (Å²) in [4.78, 5) is 24.8. The maximum absolute atomic E-state index is 14.1. The monoisotopic (exact) mass is 506 g/mol. The molecule has 0 radical (unpaired) electrons. The number of carbonyl (C=O) groups is 1. The Morgan fingerprint density at radius 3 is 2.67 bits per heavy atom. The zero-order valence-electron chi connectivity index (χ0n) is 21.3. The lowest BCUT2D eigenvalue weighted by Crippen LogP contribution is -2.52. The molecule has 36 heavy (non-hydrogen) atoms. The van der Waals surface area contributed by atoms with Crippen molar-refractivity contribution in [2.24, 2.45) is 5.92 Å². The minimum atomic E-state index is 0.0534. The molecular weight excluding hydrogens is 468 g/mol. The van der Waals surface area contributed by atoms with Gasteiger partial charge in [-0.1, -0.05) is 36.8 Å². The number of aryl methyl sites for hydroxylation is 2. The molecular formula is C29H38N4O2S. The minimum absolute atomic E-state index is 0.0534. The van der Waals surface area contributed by atoms with Gasteiger partial charge in [-0.25, -0.2) is 4.98 Å². The third-order valence-corrected chi connectivity index (χ3v) is 8.86. The molecule has 0 unspecified atom stereocenters. The van der Waals surface area contributed by atoms with Gasteiger partial charge in [0.1, 0.15) is 5.69 Å². The van der Waals surface area contributed by atoms with Crippen LogP contribution >= 0.6 is 11.3 Å². The lowest BCUT2D eigenvalue weighted by atomic mass is 9.83. The number of nitrogens with zero attached hydrogens (tertiary/aromatic N) is 4. The molecule has 3 aromatic rings. The van der Waals surface area contributed by atoms with Gasteiger partial charge >= 0.3 is 0 Å². The second-order valence-corrected chi connectivity index (χ2v) is 11.2. The van der Waals surface area contributed by atoms with Crippen LogP contribution in [0.25, 0.3) is 5.13 Å². The topological polar surface area (TPSA) is 50.6 Å². The van der Waals surface area contributed by atoms with Crippen LogP contribution in [0, 0.1) is 5.92 Å². The fourth-order valence-corrected chi connectivity index (χ4v) is 6.87. The number of benzene rings is 1. The van der Waals surface area contributed by atoms with E-state index in [1.54, 1.807) is 18.4 Å². The van der Waals surface area contributed by atoms with E-state index in [4.69, 9.17) is 9.72 Å². The third-order valence-electron chi connectivity index (χ3n) is 7.73. The molecule has 7 heteroatoms. The fourth-order valence-electron chi connectivity index (χ4n) is 5.85. The molecule has 2 fully saturated rings. The summed E-state index contributed by atoms with van der Waals surface area (Å²) in [5.74, 6) is 0.577. The van der Waals surface area contributed by atoms with Crippen molar-refractivity contribution in [1.29, 1.82) is 0 Å². The van der Waals surface area contributed by atoms with Crippen LogP contribution in [0.2, 0.25) is 0 Å². The number of thiazole rings is 1. The standard InChI is InChI=1S/C29H38N4O2S/c1-35-21-20-33(22-24-12-9-19-31-16-6-5-13-25(24)31)28(34)27-26(15-14-23-10-3-2-4-11-23)36-29(30-27)32-17-7-8-18-32/h2-4,7-8,10-11,17-18,24-25H,5-6,9,12-16,19-22H2,1H3/t24-,25+/m0/s1. The van der Waals surface area contributed by atoms with E-state index in [-0.39, 0.29) is 5.91 Å². The van der Waals surface area contributed by atoms with Gasteiger partial charge in [0.15, 0.2) is 5.13 Å².